The zero-order valence-electron chi connectivity index (χ0n) is 16.5. The van der Waals surface area contributed by atoms with Gasteiger partial charge in [-0.1, -0.05) is 36.4 Å². The average Bonchev–Trinajstić information content (AvgIpc) is 3.23. The number of fused-ring (bicyclic) bond motifs is 1. The van der Waals surface area contributed by atoms with E-state index in [0.717, 1.165) is 24.2 Å². The largest absolute Gasteiger partial charge is 0.465 e. The van der Waals surface area contributed by atoms with Crippen LogP contribution in [0.4, 0.5) is 5.69 Å². The highest BCUT2D eigenvalue weighted by Crippen LogP contribution is 2.28. The number of methoxy groups -OCH3 is 1. The van der Waals surface area contributed by atoms with Gasteiger partial charge in [-0.15, -0.1) is 0 Å². The first-order valence-corrected chi connectivity index (χ1v) is 9.57. The van der Waals surface area contributed by atoms with E-state index in [1.165, 1.54) is 24.6 Å². The van der Waals surface area contributed by atoms with Crippen LogP contribution in [0, 0.1) is 0 Å². The first-order valence-electron chi connectivity index (χ1n) is 9.57. The molecule has 6 heteroatoms. The summed E-state index contributed by atoms with van der Waals surface area (Å²) in [5.41, 5.74) is 7.89. The number of nitrogens with one attached hydrogen (secondary N) is 1. The molecule has 150 valence electrons. The Morgan fingerprint density at radius 3 is 2.37 bits per heavy atom. The maximum absolute atomic E-state index is 12.5. The van der Waals surface area contributed by atoms with E-state index >= 15 is 0 Å². The molecule has 0 saturated carbocycles. The van der Waals surface area contributed by atoms with Gasteiger partial charge in [-0.2, -0.15) is 5.10 Å². The van der Waals surface area contributed by atoms with Gasteiger partial charge in [0, 0.05) is 24.3 Å². The molecule has 3 aromatic carbocycles. The predicted octanol–water partition coefficient (Wildman–Crippen LogP) is 3.76. The van der Waals surface area contributed by atoms with Gasteiger partial charge in [0.15, 0.2) is 0 Å². The molecule has 0 bridgehead atoms. The number of hydrogen-bond acceptors (Lipinski definition) is 5. The molecule has 0 aromatic heterocycles. The summed E-state index contributed by atoms with van der Waals surface area (Å²) in [6.45, 7) is 1.61. The molecule has 30 heavy (non-hydrogen) atoms. The Balaban J connectivity index is 1.38. The number of carbonyl (C=O) groups excluding carboxylic acids is 2. The lowest BCUT2D eigenvalue weighted by Crippen LogP contribution is -2.18. The van der Waals surface area contributed by atoms with Gasteiger partial charge in [-0.3, -0.25) is 4.79 Å². The normalized spacial score (nSPS) is 12.6. The zero-order chi connectivity index (χ0) is 20.9. The average molecular weight is 399 g/mol. The predicted molar refractivity (Wildman–Crippen MR) is 116 cm³/mol. The van der Waals surface area contributed by atoms with E-state index in [0.29, 0.717) is 11.1 Å². The molecule has 1 heterocycles. The second-order valence-corrected chi connectivity index (χ2v) is 6.99. The van der Waals surface area contributed by atoms with Crippen LogP contribution >= 0.6 is 0 Å². The van der Waals surface area contributed by atoms with Crippen LogP contribution in [0.2, 0.25) is 0 Å². The number of ether oxygens (including phenoxy) is 1. The van der Waals surface area contributed by atoms with E-state index in [9.17, 15) is 9.59 Å². The van der Waals surface area contributed by atoms with Gasteiger partial charge < -0.3 is 9.64 Å². The Labute approximate surface area is 174 Å². The minimum atomic E-state index is -0.394. The fraction of sp³-hybridized carbons (Fsp3) is 0.125. The Kier molecular flexibility index (Phi) is 5.57. The number of carbonyl (C=O) groups is 2. The van der Waals surface area contributed by atoms with Crippen molar-refractivity contribution in [2.75, 3.05) is 12.0 Å². The summed E-state index contributed by atoms with van der Waals surface area (Å²) in [5.74, 6) is -0.660. The molecule has 0 atom stereocenters. The fourth-order valence-corrected chi connectivity index (χ4v) is 3.41. The number of anilines is 1. The van der Waals surface area contributed by atoms with Gasteiger partial charge in [-0.25, -0.2) is 10.2 Å². The number of nitrogens with zero attached hydrogens (tertiary/aromatic N) is 2. The van der Waals surface area contributed by atoms with E-state index in [1.807, 2.05) is 36.4 Å². The first-order chi connectivity index (χ1) is 14.6. The van der Waals surface area contributed by atoms with Crippen LogP contribution in [-0.2, 0) is 17.8 Å². The minimum absolute atomic E-state index is 0.265. The summed E-state index contributed by atoms with van der Waals surface area (Å²) < 4.78 is 4.67. The van der Waals surface area contributed by atoms with Gasteiger partial charge in [0.1, 0.15) is 0 Å². The third kappa shape index (κ3) is 4.22. The molecule has 1 amide bonds. The molecular formula is C24H21N3O3. The van der Waals surface area contributed by atoms with Crippen molar-refractivity contribution in [3.05, 3.63) is 101 Å². The highest BCUT2D eigenvalue weighted by Gasteiger charge is 2.20. The molecule has 0 saturated heterocycles. The molecule has 4 rings (SSSR count). The minimum Gasteiger partial charge on any atom is -0.465 e. The number of esters is 1. The summed E-state index contributed by atoms with van der Waals surface area (Å²) in [7, 11) is 1.34. The van der Waals surface area contributed by atoms with Gasteiger partial charge in [0.05, 0.1) is 18.9 Å². The maximum Gasteiger partial charge on any atom is 0.337 e. The number of para-hydroxylation sites is 1. The van der Waals surface area contributed by atoms with Crippen molar-refractivity contribution in [3.63, 3.8) is 0 Å². The lowest BCUT2D eigenvalue weighted by atomic mass is 10.1. The molecule has 1 aliphatic rings. The number of amides is 1. The fourth-order valence-electron chi connectivity index (χ4n) is 3.41. The Bertz CT molecular complexity index is 1090. The van der Waals surface area contributed by atoms with Crippen molar-refractivity contribution < 1.29 is 14.3 Å². The molecule has 1 aliphatic heterocycles. The summed E-state index contributed by atoms with van der Waals surface area (Å²) >= 11 is 0. The van der Waals surface area contributed by atoms with Crippen molar-refractivity contribution in [2.24, 2.45) is 5.10 Å². The van der Waals surface area contributed by atoms with Gasteiger partial charge in [0.25, 0.3) is 5.91 Å². The van der Waals surface area contributed by atoms with Crippen LogP contribution in [0.25, 0.3) is 0 Å². The summed E-state index contributed by atoms with van der Waals surface area (Å²) in [5, 5.41) is 4.02. The van der Waals surface area contributed by atoms with Crippen LogP contribution < -0.4 is 10.3 Å². The van der Waals surface area contributed by atoms with E-state index in [-0.39, 0.29) is 5.91 Å². The lowest BCUT2D eigenvalue weighted by molar-refractivity contribution is 0.0600. The van der Waals surface area contributed by atoms with E-state index in [1.54, 1.807) is 24.3 Å². The lowest BCUT2D eigenvalue weighted by Gasteiger charge is -2.17. The molecule has 0 radical (unpaired) electrons. The smallest absolute Gasteiger partial charge is 0.337 e. The maximum atomic E-state index is 12.5. The van der Waals surface area contributed by atoms with Crippen LogP contribution in [0.5, 0.6) is 0 Å². The summed E-state index contributed by atoms with van der Waals surface area (Å²) in [4.78, 5) is 26.2. The monoisotopic (exact) mass is 399 g/mol. The SMILES string of the molecule is COC(=O)c1ccc(/C=N/NC(=O)c2ccc3c(c2)CN(c2ccccc2)C3)cc1. The Morgan fingerprint density at radius 2 is 1.63 bits per heavy atom. The van der Waals surface area contributed by atoms with Crippen molar-refractivity contribution in [2.45, 2.75) is 13.1 Å². The van der Waals surface area contributed by atoms with Crippen LogP contribution in [0.15, 0.2) is 77.9 Å². The number of hydrogen-bond donors (Lipinski definition) is 1. The number of benzene rings is 3. The van der Waals surface area contributed by atoms with Crippen molar-refractivity contribution in [3.8, 4) is 0 Å². The molecule has 1 N–H and O–H groups in total. The molecule has 3 aromatic rings. The topological polar surface area (TPSA) is 71.0 Å². The van der Waals surface area contributed by atoms with E-state index < -0.39 is 5.97 Å². The van der Waals surface area contributed by atoms with Crippen molar-refractivity contribution >= 4 is 23.8 Å². The Hall–Kier alpha value is -3.93. The van der Waals surface area contributed by atoms with E-state index in [2.05, 4.69) is 32.3 Å². The zero-order valence-corrected chi connectivity index (χ0v) is 16.5. The standard InChI is InChI=1S/C24H21N3O3/c1-30-24(29)18-9-7-17(8-10-18)14-25-26-23(28)19-11-12-20-15-27(16-21(20)13-19)22-5-3-2-4-6-22/h2-14H,15-16H2,1H3,(H,26,28)/b25-14+. The van der Waals surface area contributed by atoms with Gasteiger partial charge >= 0.3 is 5.97 Å². The third-order valence-corrected chi connectivity index (χ3v) is 5.02. The van der Waals surface area contributed by atoms with Crippen LogP contribution in [0.3, 0.4) is 0 Å². The molecule has 6 nitrogen and oxygen atoms in total. The Morgan fingerprint density at radius 1 is 0.933 bits per heavy atom. The van der Waals surface area contributed by atoms with Crippen LogP contribution in [0.1, 0.15) is 37.4 Å². The summed E-state index contributed by atoms with van der Waals surface area (Å²) in [6, 6.07) is 22.7. The first kappa shape index (κ1) is 19.4. The van der Waals surface area contributed by atoms with Gasteiger partial charge in [0.2, 0.25) is 0 Å². The quantitative estimate of drug-likeness (QED) is 0.403. The highest BCUT2D eigenvalue weighted by atomic mass is 16.5. The second-order valence-electron chi connectivity index (χ2n) is 6.99. The molecule has 0 spiro atoms. The van der Waals surface area contributed by atoms with Crippen LogP contribution in [-0.4, -0.2) is 25.2 Å². The highest BCUT2D eigenvalue weighted by molar-refractivity contribution is 5.95. The third-order valence-electron chi connectivity index (χ3n) is 5.02. The number of rotatable bonds is 5. The van der Waals surface area contributed by atoms with Crippen molar-refractivity contribution in [1.82, 2.24) is 5.43 Å². The second kappa shape index (κ2) is 8.61. The van der Waals surface area contributed by atoms with E-state index in [4.69, 9.17) is 0 Å². The van der Waals surface area contributed by atoms with Gasteiger partial charge in [-0.05, 0) is 53.1 Å². The number of hydrazone groups is 1. The van der Waals surface area contributed by atoms with Crippen molar-refractivity contribution in [1.29, 1.82) is 0 Å². The molecule has 0 unspecified atom stereocenters. The molecular weight excluding hydrogens is 378 g/mol. The molecule has 0 fully saturated rings. The molecule has 0 aliphatic carbocycles. The summed E-state index contributed by atoms with van der Waals surface area (Å²) in [6.07, 6.45) is 1.53.